The molecule has 0 aliphatic carbocycles. The predicted octanol–water partition coefficient (Wildman–Crippen LogP) is 3.58. The van der Waals surface area contributed by atoms with Gasteiger partial charge in [-0.3, -0.25) is 4.79 Å². The van der Waals surface area contributed by atoms with Crippen molar-refractivity contribution >= 4 is 11.6 Å². The van der Waals surface area contributed by atoms with Crippen molar-refractivity contribution in [1.29, 1.82) is 5.26 Å². The SMILES string of the molecule is N#Cc1cc(-c2ccnc(Cc3ccc(N4CCOCC4)cc3)n2)ccc1OCC[C@H]1CCCCN1C(=O)CO. The Hall–Kier alpha value is -4.00. The average Bonchev–Trinajstić information content (AvgIpc) is 3.02. The highest BCUT2D eigenvalue weighted by Crippen LogP contribution is 2.27. The number of ether oxygens (including phenoxy) is 2. The topological polar surface area (TPSA) is 112 Å². The van der Waals surface area contributed by atoms with Crippen molar-refractivity contribution in [2.45, 2.75) is 38.1 Å². The number of benzene rings is 2. The van der Waals surface area contributed by atoms with Crippen LogP contribution in [0.2, 0.25) is 0 Å². The van der Waals surface area contributed by atoms with Crippen molar-refractivity contribution in [1.82, 2.24) is 14.9 Å². The minimum Gasteiger partial charge on any atom is -0.492 e. The lowest BCUT2D eigenvalue weighted by molar-refractivity contribution is -0.138. The van der Waals surface area contributed by atoms with E-state index in [9.17, 15) is 15.2 Å². The molecule has 9 heteroatoms. The maximum Gasteiger partial charge on any atom is 0.248 e. The largest absolute Gasteiger partial charge is 0.492 e. The molecule has 1 atom stereocenters. The first-order valence-corrected chi connectivity index (χ1v) is 14.0. The van der Waals surface area contributed by atoms with E-state index < -0.39 is 6.61 Å². The van der Waals surface area contributed by atoms with Gasteiger partial charge in [-0.25, -0.2) is 9.97 Å². The number of carbonyl (C=O) groups is 1. The molecule has 2 aliphatic rings. The smallest absolute Gasteiger partial charge is 0.248 e. The molecule has 5 rings (SSSR count). The summed E-state index contributed by atoms with van der Waals surface area (Å²) in [5.74, 6) is 0.989. The number of morpholine rings is 1. The van der Waals surface area contributed by atoms with E-state index in [0.717, 1.165) is 62.4 Å². The van der Waals surface area contributed by atoms with Crippen LogP contribution in [0.5, 0.6) is 5.75 Å². The van der Waals surface area contributed by atoms with Gasteiger partial charge in [-0.15, -0.1) is 0 Å². The number of hydrogen-bond donors (Lipinski definition) is 1. The summed E-state index contributed by atoms with van der Waals surface area (Å²) in [6.45, 7) is 3.92. The summed E-state index contributed by atoms with van der Waals surface area (Å²) < 4.78 is 11.4. The zero-order valence-electron chi connectivity index (χ0n) is 22.7. The number of rotatable bonds is 9. The van der Waals surface area contributed by atoms with Gasteiger partial charge in [0, 0.05) is 56.0 Å². The van der Waals surface area contributed by atoms with Crippen LogP contribution < -0.4 is 9.64 Å². The molecule has 40 heavy (non-hydrogen) atoms. The zero-order valence-corrected chi connectivity index (χ0v) is 22.7. The second kappa shape index (κ2) is 13.4. The first-order chi connectivity index (χ1) is 19.6. The Morgan fingerprint density at radius 1 is 1.10 bits per heavy atom. The van der Waals surface area contributed by atoms with E-state index in [4.69, 9.17) is 14.5 Å². The van der Waals surface area contributed by atoms with Crippen LogP contribution >= 0.6 is 0 Å². The van der Waals surface area contributed by atoms with Gasteiger partial charge in [-0.1, -0.05) is 12.1 Å². The summed E-state index contributed by atoms with van der Waals surface area (Å²) in [6.07, 6.45) is 5.92. The quantitative estimate of drug-likeness (QED) is 0.438. The number of hydrogen-bond acceptors (Lipinski definition) is 8. The van der Waals surface area contributed by atoms with Crippen LogP contribution in [0.15, 0.2) is 54.7 Å². The molecule has 0 radical (unpaired) electrons. The van der Waals surface area contributed by atoms with Gasteiger partial charge in [0.1, 0.15) is 24.3 Å². The monoisotopic (exact) mass is 541 g/mol. The van der Waals surface area contributed by atoms with Crippen molar-refractivity contribution < 1.29 is 19.4 Å². The maximum absolute atomic E-state index is 12.1. The predicted molar refractivity (Wildman–Crippen MR) is 151 cm³/mol. The van der Waals surface area contributed by atoms with Crippen LogP contribution in [0, 0.1) is 11.3 Å². The molecule has 0 unspecified atom stereocenters. The van der Waals surface area contributed by atoms with Crippen molar-refractivity contribution in [3.8, 4) is 23.1 Å². The van der Waals surface area contributed by atoms with Gasteiger partial charge in [0.05, 0.1) is 31.1 Å². The summed E-state index contributed by atoms with van der Waals surface area (Å²) in [6, 6.07) is 18.1. The van der Waals surface area contributed by atoms with Crippen molar-refractivity contribution in [2.24, 2.45) is 0 Å². The van der Waals surface area contributed by atoms with Crippen LogP contribution in [-0.2, 0) is 16.0 Å². The number of amides is 1. The molecule has 3 aromatic rings. The van der Waals surface area contributed by atoms with Gasteiger partial charge >= 0.3 is 0 Å². The third kappa shape index (κ3) is 6.76. The van der Waals surface area contributed by atoms with Gasteiger partial charge in [0.25, 0.3) is 0 Å². The van der Waals surface area contributed by atoms with Crippen LogP contribution in [0.4, 0.5) is 5.69 Å². The molecule has 0 bridgehead atoms. The minimum atomic E-state index is -0.469. The Bertz CT molecular complexity index is 1330. The maximum atomic E-state index is 12.1. The Morgan fingerprint density at radius 3 is 2.70 bits per heavy atom. The number of carbonyl (C=O) groups excluding carboxylic acids is 1. The molecule has 9 nitrogen and oxygen atoms in total. The van der Waals surface area contributed by atoms with Gasteiger partial charge in [0.15, 0.2) is 0 Å². The second-order valence-electron chi connectivity index (χ2n) is 10.2. The molecule has 2 fully saturated rings. The average molecular weight is 542 g/mol. The molecule has 2 aromatic carbocycles. The number of aliphatic hydroxyl groups is 1. The Morgan fingerprint density at radius 2 is 1.93 bits per heavy atom. The Labute approximate surface area is 235 Å². The highest BCUT2D eigenvalue weighted by atomic mass is 16.5. The van der Waals surface area contributed by atoms with Gasteiger partial charge in [0.2, 0.25) is 5.91 Å². The fourth-order valence-electron chi connectivity index (χ4n) is 5.40. The number of nitriles is 1. The molecule has 208 valence electrons. The molecule has 3 heterocycles. The number of likely N-dealkylation sites (tertiary alicyclic amines) is 1. The third-order valence-electron chi connectivity index (χ3n) is 7.57. The molecular formula is C31H35N5O4. The van der Waals surface area contributed by atoms with Crippen LogP contribution in [0.25, 0.3) is 11.3 Å². The number of nitrogens with zero attached hydrogens (tertiary/aromatic N) is 5. The summed E-state index contributed by atoms with van der Waals surface area (Å²) in [5, 5.41) is 19.1. The molecule has 2 saturated heterocycles. The van der Waals surface area contributed by atoms with Gasteiger partial charge in [-0.2, -0.15) is 5.26 Å². The highest BCUT2D eigenvalue weighted by Gasteiger charge is 2.26. The van der Waals surface area contributed by atoms with E-state index in [0.29, 0.717) is 43.1 Å². The molecule has 2 aliphatic heterocycles. The second-order valence-corrected chi connectivity index (χ2v) is 10.2. The van der Waals surface area contributed by atoms with Crippen molar-refractivity contribution in [3.05, 3.63) is 71.7 Å². The van der Waals surface area contributed by atoms with Crippen LogP contribution in [0.1, 0.15) is 42.6 Å². The number of aromatic nitrogens is 2. The number of anilines is 1. The minimum absolute atomic E-state index is 0.0493. The van der Waals surface area contributed by atoms with Gasteiger partial charge < -0.3 is 24.4 Å². The van der Waals surface area contributed by atoms with E-state index >= 15 is 0 Å². The molecular weight excluding hydrogens is 506 g/mol. The van der Waals surface area contributed by atoms with Crippen LogP contribution in [0.3, 0.4) is 0 Å². The number of aliphatic hydroxyl groups excluding tert-OH is 1. The normalized spacial score (nSPS) is 17.4. The van der Waals surface area contributed by atoms with E-state index in [-0.39, 0.29) is 11.9 Å². The first kappa shape index (κ1) is 27.6. The van der Waals surface area contributed by atoms with E-state index in [1.807, 2.05) is 12.1 Å². The fraction of sp³-hybridized carbons (Fsp3) is 0.419. The standard InChI is InChI=1S/C31H35N5O4/c32-21-25-20-24(6-9-29(25)40-16-11-27-3-1-2-13-36(27)31(38)22-37)28-10-12-33-30(34-28)19-23-4-7-26(8-5-23)35-14-17-39-18-15-35/h4-10,12,20,27,37H,1-3,11,13-19,22H2/t27-/m1/s1. The third-order valence-corrected chi connectivity index (χ3v) is 7.57. The van der Waals surface area contributed by atoms with Crippen LogP contribution in [-0.4, -0.2) is 78.0 Å². The van der Waals surface area contributed by atoms with Crippen molar-refractivity contribution in [3.63, 3.8) is 0 Å². The molecule has 1 aromatic heterocycles. The molecule has 1 N–H and O–H groups in total. The van der Waals surface area contributed by atoms with Gasteiger partial charge in [-0.05, 0) is 61.2 Å². The summed E-state index contributed by atoms with van der Waals surface area (Å²) >= 11 is 0. The Balaban J connectivity index is 1.22. The van der Waals surface area contributed by atoms with E-state index in [1.54, 1.807) is 23.2 Å². The summed E-state index contributed by atoms with van der Waals surface area (Å²) in [7, 11) is 0. The highest BCUT2D eigenvalue weighted by molar-refractivity contribution is 5.77. The lowest BCUT2D eigenvalue weighted by Crippen LogP contribution is -2.45. The Kier molecular flexibility index (Phi) is 9.22. The van der Waals surface area contributed by atoms with E-state index in [1.165, 1.54) is 5.69 Å². The molecule has 0 saturated carbocycles. The first-order valence-electron chi connectivity index (χ1n) is 14.0. The molecule has 0 spiro atoms. The number of piperidine rings is 1. The lowest BCUT2D eigenvalue weighted by Gasteiger charge is -2.35. The summed E-state index contributed by atoms with van der Waals surface area (Å²) in [4.78, 5) is 25.4. The lowest BCUT2D eigenvalue weighted by atomic mass is 9.99. The van der Waals surface area contributed by atoms with Crippen molar-refractivity contribution in [2.75, 3.05) is 51.0 Å². The van der Waals surface area contributed by atoms with E-state index in [2.05, 4.69) is 40.2 Å². The molecule has 1 amide bonds. The fourth-order valence-corrected chi connectivity index (χ4v) is 5.40. The summed E-state index contributed by atoms with van der Waals surface area (Å²) in [5.41, 5.74) is 4.33. The zero-order chi connectivity index (χ0) is 27.7.